The fraction of sp³-hybridized carbons (Fsp3) is 1.00. The van der Waals surface area contributed by atoms with Crippen molar-refractivity contribution in [3.63, 3.8) is 0 Å². The predicted octanol–water partition coefficient (Wildman–Crippen LogP) is 2.02. The zero-order chi connectivity index (χ0) is 15.1. The van der Waals surface area contributed by atoms with E-state index in [1.165, 1.54) is 32.1 Å². The Hall–Kier alpha value is -0.160. The van der Waals surface area contributed by atoms with E-state index in [-0.39, 0.29) is 0 Å². The third-order valence-electron chi connectivity index (χ3n) is 5.16. The van der Waals surface area contributed by atoms with Crippen LogP contribution in [-0.2, 0) is 4.74 Å². The van der Waals surface area contributed by atoms with Crippen LogP contribution in [0.4, 0.5) is 0 Å². The molecular formula is C17H34N2O2. The standard InChI is InChI=1S/C17H34N2O2/c1-3-18-16-8-6-4-5-7-15(16)13-19(2)14-17(20)9-11-21-12-10-17/h15-16,18,20H,3-14H2,1-2H3. The number of hydrogen-bond donors (Lipinski definition) is 2. The highest BCUT2D eigenvalue weighted by Crippen LogP contribution is 2.26. The lowest BCUT2D eigenvalue weighted by atomic mass is 9.91. The molecule has 4 nitrogen and oxygen atoms in total. The molecule has 2 rings (SSSR count). The third kappa shape index (κ3) is 5.51. The molecule has 0 amide bonds. The molecule has 0 aromatic heterocycles. The van der Waals surface area contributed by atoms with Crippen LogP contribution in [0.1, 0.15) is 51.9 Å². The minimum absolute atomic E-state index is 0.536. The van der Waals surface area contributed by atoms with Crippen molar-refractivity contribution < 1.29 is 9.84 Å². The van der Waals surface area contributed by atoms with Crippen LogP contribution in [0.5, 0.6) is 0 Å². The van der Waals surface area contributed by atoms with Crippen molar-refractivity contribution >= 4 is 0 Å². The van der Waals surface area contributed by atoms with Crippen molar-refractivity contribution in [3.8, 4) is 0 Å². The Labute approximate surface area is 130 Å². The number of likely N-dealkylation sites (N-methyl/N-ethyl adjacent to an activating group) is 1. The van der Waals surface area contributed by atoms with E-state index in [2.05, 4.69) is 24.2 Å². The third-order valence-corrected chi connectivity index (χ3v) is 5.16. The van der Waals surface area contributed by atoms with Gasteiger partial charge in [0.15, 0.2) is 0 Å². The second-order valence-electron chi connectivity index (χ2n) is 7.10. The van der Waals surface area contributed by atoms with Gasteiger partial charge in [-0.05, 0) is 32.4 Å². The van der Waals surface area contributed by atoms with Gasteiger partial charge in [-0.15, -0.1) is 0 Å². The van der Waals surface area contributed by atoms with E-state index in [0.717, 1.165) is 38.4 Å². The van der Waals surface area contributed by atoms with Gasteiger partial charge in [-0.25, -0.2) is 0 Å². The van der Waals surface area contributed by atoms with Crippen molar-refractivity contribution in [3.05, 3.63) is 0 Å². The van der Waals surface area contributed by atoms with Gasteiger partial charge in [-0.3, -0.25) is 0 Å². The van der Waals surface area contributed by atoms with Gasteiger partial charge in [0, 0.05) is 45.2 Å². The maximum atomic E-state index is 10.7. The first kappa shape index (κ1) is 17.2. The lowest BCUT2D eigenvalue weighted by molar-refractivity contribution is -0.0785. The molecule has 2 N–H and O–H groups in total. The molecule has 2 unspecified atom stereocenters. The van der Waals surface area contributed by atoms with Crippen LogP contribution in [0, 0.1) is 5.92 Å². The van der Waals surface area contributed by atoms with Gasteiger partial charge in [0.1, 0.15) is 0 Å². The quantitative estimate of drug-likeness (QED) is 0.737. The number of hydrogen-bond acceptors (Lipinski definition) is 4. The molecule has 2 atom stereocenters. The van der Waals surface area contributed by atoms with Gasteiger partial charge >= 0.3 is 0 Å². The average molecular weight is 298 g/mol. The Morgan fingerprint density at radius 1 is 1.19 bits per heavy atom. The largest absolute Gasteiger partial charge is 0.388 e. The zero-order valence-electron chi connectivity index (χ0n) is 13.9. The molecule has 0 bridgehead atoms. The molecule has 0 spiro atoms. The van der Waals surface area contributed by atoms with Crippen LogP contribution in [0.15, 0.2) is 0 Å². The Morgan fingerprint density at radius 2 is 1.90 bits per heavy atom. The van der Waals surface area contributed by atoms with Crippen LogP contribution < -0.4 is 5.32 Å². The molecule has 1 aliphatic heterocycles. The number of nitrogens with zero attached hydrogens (tertiary/aromatic N) is 1. The normalized spacial score (nSPS) is 30.3. The van der Waals surface area contributed by atoms with Gasteiger partial charge in [0.25, 0.3) is 0 Å². The first-order valence-corrected chi connectivity index (χ1v) is 8.85. The van der Waals surface area contributed by atoms with Crippen molar-refractivity contribution in [2.75, 3.05) is 39.9 Å². The van der Waals surface area contributed by atoms with Gasteiger partial charge in [0.2, 0.25) is 0 Å². The SMILES string of the molecule is CCNC1CCCCCC1CN(C)CC1(O)CCOCC1. The summed E-state index contributed by atoms with van der Waals surface area (Å²) < 4.78 is 5.37. The molecule has 1 aliphatic carbocycles. The van der Waals surface area contributed by atoms with E-state index in [1.54, 1.807) is 0 Å². The van der Waals surface area contributed by atoms with Gasteiger partial charge in [-0.2, -0.15) is 0 Å². The second kappa shape index (κ2) is 8.47. The number of nitrogens with one attached hydrogen (secondary N) is 1. The zero-order valence-corrected chi connectivity index (χ0v) is 13.9. The summed E-state index contributed by atoms with van der Waals surface area (Å²) in [4.78, 5) is 2.35. The Bertz CT molecular complexity index is 293. The smallest absolute Gasteiger partial charge is 0.0817 e. The number of rotatable bonds is 6. The van der Waals surface area contributed by atoms with E-state index in [9.17, 15) is 5.11 Å². The van der Waals surface area contributed by atoms with E-state index in [0.29, 0.717) is 19.3 Å². The van der Waals surface area contributed by atoms with Crippen molar-refractivity contribution in [2.24, 2.45) is 5.92 Å². The average Bonchev–Trinajstić information content (AvgIpc) is 2.65. The molecule has 2 aliphatic rings. The lowest BCUT2D eigenvalue weighted by Gasteiger charge is -2.37. The van der Waals surface area contributed by atoms with E-state index in [1.807, 2.05) is 0 Å². The van der Waals surface area contributed by atoms with Gasteiger partial charge < -0.3 is 20.1 Å². The topological polar surface area (TPSA) is 44.7 Å². The molecule has 2 fully saturated rings. The molecule has 1 saturated carbocycles. The lowest BCUT2D eigenvalue weighted by Crippen LogP contribution is -2.48. The van der Waals surface area contributed by atoms with Gasteiger partial charge in [0.05, 0.1) is 5.60 Å². The molecule has 124 valence electrons. The van der Waals surface area contributed by atoms with Gasteiger partial charge in [-0.1, -0.05) is 26.2 Å². The fourth-order valence-corrected chi connectivity index (χ4v) is 4.01. The second-order valence-corrected chi connectivity index (χ2v) is 7.10. The maximum Gasteiger partial charge on any atom is 0.0817 e. The molecule has 21 heavy (non-hydrogen) atoms. The molecular weight excluding hydrogens is 264 g/mol. The molecule has 0 radical (unpaired) electrons. The highest BCUT2D eigenvalue weighted by Gasteiger charge is 2.32. The van der Waals surface area contributed by atoms with Crippen molar-refractivity contribution in [1.82, 2.24) is 10.2 Å². The maximum absolute atomic E-state index is 10.7. The van der Waals surface area contributed by atoms with Crippen LogP contribution in [-0.4, -0.2) is 61.5 Å². The number of ether oxygens (including phenoxy) is 1. The Morgan fingerprint density at radius 3 is 2.62 bits per heavy atom. The van der Waals surface area contributed by atoms with E-state index < -0.39 is 5.60 Å². The van der Waals surface area contributed by atoms with Crippen LogP contribution in [0.3, 0.4) is 0 Å². The molecule has 1 saturated heterocycles. The fourth-order valence-electron chi connectivity index (χ4n) is 4.01. The van der Waals surface area contributed by atoms with Crippen molar-refractivity contribution in [1.29, 1.82) is 0 Å². The predicted molar refractivity (Wildman–Crippen MR) is 86.5 cm³/mol. The van der Waals surface area contributed by atoms with Crippen molar-refractivity contribution in [2.45, 2.75) is 63.5 Å². The van der Waals surface area contributed by atoms with Crippen LogP contribution in [0.2, 0.25) is 0 Å². The first-order chi connectivity index (χ1) is 10.1. The summed E-state index contributed by atoms with van der Waals surface area (Å²) in [6, 6.07) is 0.657. The first-order valence-electron chi connectivity index (χ1n) is 8.85. The summed E-state index contributed by atoms with van der Waals surface area (Å²) in [5.74, 6) is 0.723. The van der Waals surface area contributed by atoms with E-state index >= 15 is 0 Å². The van der Waals surface area contributed by atoms with E-state index in [4.69, 9.17) is 4.74 Å². The summed E-state index contributed by atoms with van der Waals surface area (Å²) in [5.41, 5.74) is -0.536. The summed E-state index contributed by atoms with van der Waals surface area (Å²) in [7, 11) is 2.17. The molecule has 4 heteroatoms. The highest BCUT2D eigenvalue weighted by atomic mass is 16.5. The molecule has 0 aromatic rings. The molecule has 1 heterocycles. The van der Waals surface area contributed by atoms with Crippen LogP contribution in [0.25, 0.3) is 0 Å². The Kier molecular flexibility index (Phi) is 6.93. The minimum atomic E-state index is -0.536. The highest BCUT2D eigenvalue weighted by molar-refractivity contribution is 4.86. The molecule has 0 aromatic carbocycles. The summed E-state index contributed by atoms with van der Waals surface area (Å²) in [5, 5.41) is 14.3. The Balaban J connectivity index is 1.85. The summed E-state index contributed by atoms with van der Waals surface area (Å²) in [6.45, 7) is 6.55. The summed E-state index contributed by atoms with van der Waals surface area (Å²) >= 11 is 0. The monoisotopic (exact) mass is 298 g/mol. The number of aliphatic hydroxyl groups is 1. The summed E-state index contributed by atoms with van der Waals surface area (Å²) in [6.07, 6.45) is 8.28. The van der Waals surface area contributed by atoms with Crippen LogP contribution >= 0.6 is 0 Å². The minimum Gasteiger partial charge on any atom is -0.388 e.